The maximum atomic E-state index is 13.4. The maximum absolute atomic E-state index is 13.4. The number of hydrogen-bond acceptors (Lipinski definition) is 2. The van der Waals surface area contributed by atoms with Crippen molar-refractivity contribution in [3.63, 3.8) is 0 Å². The van der Waals surface area contributed by atoms with Gasteiger partial charge in [-0.2, -0.15) is 0 Å². The molecule has 108 valence electrons. The highest BCUT2D eigenvalue weighted by molar-refractivity contribution is 9.10. The molecular weight excluding hydrogens is 321 g/mol. The summed E-state index contributed by atoms with van der Waals surface area (Å²) in [5.41, 5.74) is 2.06. The summed E-state index contributed by atoms with van der Waals surface area (Å²) in [7, 11) is 0. The standard InChI is InChI=1S/C16H19BrFNO/c1-3-7-19-15(16-11(2)6-8-20-16)10-12-9-13(18)4-5-14(12)17/h4-6,8-9,15,19H,3,7,10H2,1-2H3. The highest BCUT2D eigenvalue weighted by atomic mass is 79.9. The lowest BCUT2D eigenvalue weighted by molar-refractivity contribution is 0.407. The summed E-state index contributed by atoms with van der Waals surface area (Å²) >= 11 is 3.48. The van der Waals surface area contributed by atoms with E-state index in [-0.39, 0.29) is 11.9 Å². The average Bonchev–Trinajstić information content (AvgIpc) is 2.84. The molecule has 20 heavy (non-hydrogen) atoms. The quantitative estimate of drug-likeness (QED) is 0.819. The normalized spacial score (nSPS) is 12.6. The highest BCUT2D eigenvalue weighted by Crippen LogP contribution is 2.27. The third-order valence-electron chi connectivity index (χ3n) is 3.29. The zero-order valence-corrected chi connectivity index (χ0v) is 13.3. The first-order valence-electron chi connectivity index (χ1n) is 6.83. The second kappa shape index (κ2) is 7.04. The van der Waals surface area contributed by atoms with Crippen molar-refractivity contribution in [3.05, 3.63) is 57.7 Å². The molecule has 0 radical (unpaired) electrons. The van der Waals surface area contributed by atoms with E-state index in [0.29, 0.717) is 6.42 Å². The van der Waals surface area contributed by atoms with Crippen LogP contribution in [-0.4, -0.2) is 6.54 Å². The van der Waals surface area contributed by atoms with Crippen LogP contribution in [0.15, 0.2) is 39.4 Å². The van der Waals surface area contributed by atoms with E-state index in [9.17, 15) is 4.39 Å². The average molecular weight is 340 g/mol. The Labute approximate surface area is 127 Å². The summed E-state index contributed by atoms with van der Waals surface area (Å²) in [6.07, 6.45) is 3.43. The van der Waals surface area contributed by atoms with E-state index in [4.69, 9.17) is 4.42 Å². The molecule has 1 aromatic heterocycles. The van der Waals surface area contributed by atoms with Crippen LogP contribution in [0.3, 0.4) is 0 Å². The Bertz CT molecular complexity index is 567. The van der Waals surface area contributed by atoms with E-state index in [1.165, 1.54) is 6.07 Å². The van der Waals surface area contributed by atoms with E-state index >= 15 is 0 Å². The van der Waals surface area contributed by atoms with Gasteiger partial charge in [0.15, 0.2) is 0 Å². The number of aryl methyl sites for hydroxylation is 1. The minimum atomic E-state index is -0.214. The largest absolute Gasteiger partial charge is 0.467 e. The number of nitrogens with one attached hydrogen (secondary N) is 1. The van der Waals surface area contributed by atoms with Crippen molar-refractivity contribution < 1.29 is 8.81 Å². The molecule has 0 saturated heterocycles. The Balaban J connectivity index is 2.23. The minimum absolute atomic E-state index is 0.0584. The van der Waals surface area contributed by atoms with Crippen LogP contribution in [0.1, 0.15) is 36.3 Å². The van der Waals surface area contributed by atoms with Crippen molar-refractivity contribution >= 4 is 15.9 Å². The first kappa shape index (κ1) is 15.3. The molecule has 0 aliphatic carbocycles. The Hall–Kier alpha value is -1.13. The van der Waals surface area contributed by atoms with Gasteiger partial charge in [-0.1, -0.05) is 22.9 Å². The van der Waals surface area contributed by atoms with Gasteiger partial charge in [0, 0.05) is 4.47 Å². The molecule has 0 spiro atoms. The monoisotopic (exact) mass is 339 g/mol. The van der Waals surface area contributed by atoms with Gasteiger partial charge in [-0.3, -0.25) is 0 Å². The van der Waals surface area contributed by atoms with Crippen LogP contribution >= 0.6 is 15.9 Å². The molecule has 0 aliphatic heterocycles. The number of furan rings is 1. The van der Waals surface area contributed by atoms with Gasteiger partial charge in [-0.25, -0.2) is 4.39 Å². The molecule has 0 fully saturated rings. The molecule has 0 bridgehead atoms. The fourth-order valence-corrected chi connectivity index (χ4v) is 2.65. The Morgan fingerprint density at radius 1 is 1.35 bits per heavy atom. The topological polar surface area (TPSA) is 25.2 Å². The molecule has 1 aromatic carbocycles. The van der Waals surface area contributed by atoms with Gasteiger partial charge in [-0.05, 0) is 61.7 Å². The van der Waals surface area contributed by atoms with E-state index < -0.39 is 0 Å². The number of rotatable bonds is 6. The molecule has 2 rings (SSSR count). The number of halogens is 2. The molecule has 0 aliphatic rings. The number of benzene rings is 1. The smallest absolute Gasteiger partial charge is 0.123 e. The Kier molecular flexibility index (Phi) is 5.38. The summed E-state index contributed by atoms with van der Waals surface area (Å²) in [4.78, 5) is 0. The predicted octanol–water partition coefficient (Wildman–Crippen LogP) is 4.77. The van der Waals surface area contributed by atoms with Crippen LogP contribution in [0.25, 0.3) is 0 Å². The van der Waals surface area contributed by atoms with Crippen molar-refractivity contribution in [1.82, 2.24) is 5.32 Å². The van der Waals surface area contributed by atoms with Gasteiger partial charge in [-0.15, -0.1) is 0 Å². The molecule has 1 atom stereocenters. The fourth-order valence-electron chi connectivity index (χ4n) is 2.24. The molecule has 0 saturated carbocycles. The highest BCUT2D eigenvalue weighted by Gasteiger charge is 2.18. The summed E-state index contributed by atoms with van der Waals surface area (Å²) in [5.74, 6) is 0.711. The van der Waals surface area contributed by atoms with Crippen LogP contribution in [0.5, 0.6) is 0 Å². The lowest BCUT2D eigenvalue weighted by Gasteiger charge is -2.18. The van der Waals surface area contributed by atoms with E-state index in [1.54, 1.807) is 18.4 Å². The SMILES string of the molecule is CCCNC(Cc1cc(F)ccc1Br)c1occc1C. The van der Waals surface area contributed by atoms with Crippen molar-refractivity contribution in [1.29, 1.82) is 0 Å². The minimum Gasteiger partial charge on any atom is -0.467 e. The number of hydrogen-bond donors (Lipinski definition) is 1. The van der Waals surface area contributed by atoms with Crippen LogP contribution in [0.2, 0.25) is 0 Å². The van der Waals surface area contributed by atoms with Crippen LogP contribution in [0.4, 0.5) is 4.39 Å². The van der Waals surface area contributed by atoms with Crippen molar-refractivity contribution in [2.75, 3.05) is 6.54 Å². The molecule has 4 heteroatoms. The zero-order valence-electron chi connectivity index (χ0n) is 11.7. The third kappa shape index (κ3) is 3.70. The summed E-state index contributed by atoms with van der Waals surface area (Å²) in [6.45, 7) is 5.05. The second-order valence-corrected chi connectivity index (χ2v) is 5.77. The molecular formula is C16H19BrFNO. The van der Waals surface area contributed by atoms with E-state index in [1.807, 2.05) is 13.0 Å². The Morgan fingerprint density at radius 3 is 2.80 bits per heavy atom. The maximum Gasteiger partial charge on any atom is 0.123 e. The van der Waals surface area contributed by atoms with Crippen LogP contribution < -0.4 is 5.32 Å². The van der Waals surface area contributed by atoms with Gasteiger partial charge >= 0.3 is 0 Å². The first-order chi connectivity index (χ1) is 9.61. The molecule has 2 aromatic rings. The van der Waals surface area contributed by atoms with Crippen molar-refractivity contribution in [3.8, 4) is 0 Å². The fraction of sp³-hybridized carbons (Fsp3) is 0.375. The van der Waals surface area contributed by atoms with Crippen LogP contribution in [-0.2, 0) is 6.42 Å². The third-order valence-corrected chi connectivity index (χ3v) is 4.06. The first-order valence-corrected chi connectivity index (χ1v) is 7.62. The van der Waals surface area contributed by atoms with Crippen molar-refractivity contribution in [2.24, 2.45) is 0 Å². The Morgan fingerprint density at radius 2 is 2.15 bits per heavy atom. The van der Waals surface area contributed by atoms with Gasteiger partial charge < -0.3 is 9.73 Å². The lowest BCUT2D eigenvalue weighted by Crippen LogP contribution is -2.24. The summed E-state index contributed by atoms with van der Waals surface area (Å²) in [6, 6.07) is 6.79. The summed E-state index contributed by atoms with van der Waals surface area (Å²) in [5, 5.41) is 3.47. The molecule has 1 unspecified atom stereocenters. The predicted molar refractivity (Wildman–Crippen MR) is 82.3 cm³/mol. The summed E-state index contributed by atoms with van der Waals surface area (Å²) < 4.78 is 19.9. The van der Waals surface area contributed by atoms with Gasteiger partial charge in [0.25, 0.3) is 0 Å². The van der Waals surface area contributed by atoms with Crippen LogP contribution in [0, 0.1) is 12.7 Å². The zero-order chi connectivity index (χ0) is 14.5. The van der Waals surface area contributed by atoms with Gasteiger partial charge in [0.1, 0.15) is 11.6 Å². The van der Waals surface area contributed by atoms with Crippen molar-refractivity contribution in [2.45, 2.75) is 32.7 Å². The van der Waals surface area contributed by atoms with Gasteiger partial charge in [0.2, 0.25) is 0 Å². The molecule has 1 heterocycles. The second-order valence-electron chi connectivity index (χ2n) is 4.91. The molecule has 1 N–H and O–H groups in total. The van der Waals surface area contributed by atoms with E-state index in [2.05, 4.69) is 28.2 Å². The van der Waals surface area contributed by atoms with Gasteiger partial charge in [0.05, 0.1) is 12.3 Å². The molecule has 0 amide bonds. The lowest BCUT2D eigenvalue weighted by atomic mass is 10.0. The molecule has 2 nitrogen and oxygen atoms in total. The van der Waals surface area contributed by atoms with E-state index in [0.717, 1.165) is 34.3 Å².